The van der Waals surface area contributed by atoms with E-state index in [-0.39, 0.29) is 6.61 Å². The Morgan fingerprint density at radius 2 is 1.79 bits per heavy atom. The number of fused-ring (bicyclic) bond motifs is 1. The Labute approximate surface area is 144 Å². The molecular formula is C18H15ClN2O3. The minimum atomic E-state index is -0.0998. The zero-order chi connectivity index (χ0) is 16.5. The average Bonchev–Trinajstić information content (AvgIpc) is 3.06. The first-order valence-corrected chi connectivity index (χ1v) is 7.98. The van der Waals surface area contributed by atoms with E-state index in [2.05, 4.69) is 5.10 Å². The number of hydrogen-bond donors (Lipinski definition) is 1. The van der Waals surface area contributed by atoms with E-state index in [1.807, 2.05) is 36.5 Å². The van der Waals surface area contributed by atoms with E-state index in [9.17, 15) is 5.11 Å². The average molecular weight is 343 g/mol. The molecule has 0 unspecified atom stereocenters. The van der Waals surface area contributed by atoms with Crippen LogP contribution in [0.3, 0.4) is 0 Å². The molecule has 122 valence electrons. The van der Waals surface area contributed by atoms with Crippen molar-refractivity contribution in [3.63, 3.8) is 0 Å². The van der Waals surface area contributed by atoms with E-state index in [0.29, 0.717) is 29.7 Å². The molecule has 2 aromatic carbocycles. The number of aromatic nitrogens is 2. The fourth-order valence-corrected chi connectivity index (χ4v) is 2.81. The minimum Gasteiger partial charge on any atom is -0.486 e. The predicted molar refractivity (Wildman–Crippen MR) is 90.9 cm³/mol. The Balaban J connectivity index is 1.76. The van der Waals surface area contributed by atoms with Crippen LogP contribution in [0, 0.1) is 0 Å². The smallest absolute Gasteiger partial charge is 0.162 e. The minimum absolute atomic E-state index is 0.0998. The number of aliphatic hydroxyl groups excluding tert-OH is 1. The first-order chi connectivity index (χ1) is 11.7. The van der Waals surface area contributed by atoms with Crippen LogP contribution in [0.4, 0.5) is 0 Å². The van der Waals surface area contributed by atoms with Gasteiger partial charge in [0, 0.05) is 22.3 Å². The molecule has 2 heterocycles. The Kier molecular flexibility index (Phi) is 3.88. The number of ether oxygens (including phenoxy) is 2. The first-order valence-electron chi connectivity index (χ1n) is 7.60. The molecule has 0 atom stereocenters. The van der Waals surface area contributed by atoms with E-state index in [1.54, 1.807) is 16.8 Å². The summed E-state index contributed by atoms with van der Waals surface area (Å²) in [4.78, 5) is 0. The maximum absolute atomic E-state index is 9.69. The third kappa shape index (κ3) is 2.72. The summed E-state index contributed by atoms with van der Waals surface area (Å²) in [6.45, 7) is 0.985. The molecule has 4 rings (SSSR count). The molecule has 0 bridgehead atoms. The molecule has 0 saturated heterocycles. The molecule has 1 N–H and O–H groups in total. The van der Waals surface area contributed by atoms with Crippen LogP contribution in [-0.2, 0) is 6.61 Å². The van der Waals surface area contributed by atoms with Crippen molar-refractivity contribution in [2.24, 2.45) is 0 Å². The van der Waals surface area contributed by atoms with Crippen LogP contribution < -0.4 is 9.47 Å². The van der Waals surface area contributed by atoms with Gasteiger partial charge in [0.1, 0.15) is 13.2 Å². The van der Waals surface area contributed by atoms with E-state index < -0.39 is 0 Å². The molecular weight excluding hydrogens is 328 g/mol. The molecule has 6 heteroatoms. The summed E-state index contributed by atoms with van der Waals surface area (Å²) < 4.78 is 12.9. The number of aliphatic hydroxyl groups is 1. The second-order valence-electron chi connectivity index (χ2n) is 5.44. The summed E-state index contributed by atoms with van der Waals surface area (Å²) in [5, 5.41) is 15.0. The summed E-state index contributed by atoms with van der Waals surface area (Å²) in [7, 11) is 0. The van der Waals surface area contributed by atoms with Crippen LogP contribution in [0.1, 0.15) is 5.56 Å². The van der Waals surface area contributed by atoms with Crippen molar-refractivity contribution in [2.45, 2.75) is 6.61 Å². The van der Waals surface area contributed by atoms with Crippen LogP contribution in [0.2, 0.25) is 5.02 Å². The van der Waals surface area contributed by atoms with Crippen molar-refractivity contribution in [1.29, 1.82) is 0 Å². The van der Waals surface area contributed by atoms with Crippen molar-refractivity contribution < 1.29 is 14.6 Å². The molecule has 0 amide bonds. The van der Waals surface area contributed by atoms with Gasteiger partial charge in [0.15, 0.2) is 11.5 Å². The number of halogens is 1. The van der Waals surface area contributed by atoms with Gasteiger partial charge in [-0.1, -0.05) is 11.6 Å². The maximum Gasteiger partial charge on any atom is 0.162 e. The second kappa shape index (κ2) is 6.19. The Hall–Kier alpha value is -2.50. The van der Waals surface area contributed by atoms with Gasteiger partial charge in [-0.25, -0.2) is 4.68 Å². The normalized spacial score (nSPS) is 13.1. The zero-order valence-corrected chi connectivity index (χ0v) is 13.5. The van der Waals surface area contributed by atoms with Gasteiger partial charge in [0.25, 0.3) is 0 Å². The Morgan fingerprint density at radius 1 is 1.04 bits per heavy atom. The van der Waals surface area contributed by atoms with E-state index in [0.717, 1.165) is 22.6 Å². The molecule has 0 fully saturated rings. The van der Waals surface area contributed by atoms with Gasteiger partial charge < -0.3 is 14.6 Å². The van der Waals surface area contributed by atoms with Crippen molar-refractivity contribution in [2.75, 3.05) is 13.2 Å². The van der Waals surface area contributed by atoms with Crippen molar-refractivity contribution >= 4 is 11.6 Å². The highest BCUT2D eigenvalue weighted by molar-refractivity contribution is 6.30. The fourth-order valence-electron chi connectivity index (χ4n) is 2.69. The molecule has 24 heavy (non-hydrogen) atoms. The number of rotatable bonds is 3. The quantitative estimate of drug-likeness (QED) is 0.792. The molecule has 5 nitrogen and oxygen atoms in total. The Bertz CT molecular complexity index is 874. The molecule has 1 aliphatic rings. The van der Waals surface area contributed by atoms with Crippen molar-refractivity contribution in [1.82, 2.24) is 9.78 Å². The van der Waals surface area contributed by atoms with E-state index in [4.69, 9.17) is 21.1 Å². The van der Waals surface area contributed by atoms with Gasteiger partial charge in [0.05, 0.1) is 18.0 Å². The SMILES string of the molecule is OCc1cn(-c2ccc(Cl)cc2)nc1-c1ccc2c(c1)OCCO2. The van der Waals surface area contributed by atoms with Crippen LogP contribution >= 0.6 is 11.6 Å². The highest BCUT2D eigenvalue weighted by Crippen LogP contribution is 2.35. The van der Waals surface area contributed by atoms with Gasteiger partial charge in [-0.3, -0.25) is 0 Å². The topological polar surface area (TPSA) is 56.5 Å². The number of benzene rings is 2. The highest BCUT2D eigenvalue weighted by Gasteiger charge is 2.16. The largest absolute Gasteiger partial charge is 0.486 e. The van der Waals surface area contributed by atoms with Gasteiger partial charge in [-0.05, 0) is 42.5 Å². The van der Waals surface area contributed by atoms with Gasteiger partial charge >= 0.3 is 0 Å². The molecule has 0 aliphatic carbocycles. The van der Waals surface area contributed by atoms with Crippen LogP contribution in [0.5, 0.6) is 11.5 Å². The lowest BCUT2D eigenvalue weighted by Gasteiger charge is -2.18. The Morgan fingerprint density at radius 3 is 2.54 bits per heavy atom. The van der Waals surface area contributed by atoms with Crippen molar-refractivity contribution in [3.05, 3.63) is 59.2 Å². The first kappa shape index (κ1) is 15.1. The lowest BCUT2D eigenvalue weighted by molar-refractivity contribution is 0.171. The summed E-state index contributed by atoms with van der Waals surface area (Å²) in [6.07, 6.45) is 1.81. The van der Waals surface area contributed by atoms with E-state index >= 15 is 0 Å². The van der Waals surface area contributed by atoms with Gasteiger partial charge in [-0.15, -0.1) is 0 Å². The molecule has 3 aromatic rings. The van der Waals surface area contributed by atoms with Crippen LogP contribution in [0.15, 0.2) is 48.7 Å². The monoisotopic (exact) mass is 342 g/mol. The fraction of sp³-hybridized carbons (Fsp3) is 0.167. The maximum atomic E-state index is 9.69. The summed E-state index contributed by atoms with van der Waals surface area (Å²) in [5.41, 5.74) is 3.19. The van der Waals surface area contributed by atoms with Gasteiger partial charge in [-0.2, -0.15) is 5.10 Å². The molecule has 1 aliphatic heterocycles. The van der Waals surface area contributed by atoms with Crippen LogP contribution in [0.25, 0.3) is 16.9 Å². The third-order valence-corrected chi connectivity index (χ3v) is 4.12. The molecule has 0 radical (unpaired) electrons. The molecule has 1 aromatic heterocycles. The van der Waals surface area contributed by atoms with E-state index in [1.165, 1.54) is 0 Å². The summed E-state index contributed by atoms with van der Waals surface area (Å²) in [5.74, 6) is 1.43. The standard InChI is InChI=1S/C18H15ClN2O3/c19-14-2-4-15(5-3-14)21-10-13(11-22)18(20-21)12-1-6-16-17(9-12)24-8-7-23-16/h1-6,9-10,22H,7-8,11H2. The van der Waals surface area contributed by atoms with Crippen molar-refractivity contribution in [3.8, 4) is 28.4 Å². The molecule has 0 spiro atoms. The number of nitrogens with zero attached hydrogens (tertiary/aromatic N) is 2. The number of hydrogen-bond acceptors (Lipinski definition) is 4. The predicted octanol–water partition coefficient (Wildman–Crippen LogP) is 3.46. The summed E-state index contributed by atoms with van der Waals surface area (Å²) in [6, 6.07) is 13.0. The third-order valence-electron chi connectivity index (χ3n) is 3.87. The molecule has 0 saturated carbocycles. The zero-order valence-electron chi connectivity index (χ0n) is 12.8. The second-order valence-corrected chi connectivity index (χ2v) is 5.88. The lowest BCUT2D eigenvalue weighted by atomic mass is 10.1. The summed E-state index contributed by atoms with van der Waals surface area (Å²) >= 11 is 5.93. The highest BCUT2D eigenvalue weighted by atomic mass is 35.5. The van der Waals surface area contributed by atoms with Gasteiger partial charge in [0.2, 0.25) is 0 Å². The van der Waals surface area contributed by atoms with Crippen LogP contribution in [-0.4, -0.2) is 28.1 Å². The lowest BCUT2D eigenvalue weighted by Crippen LogP contribution is -2.15.